The highest BCUT2D eigenvalue weighted by molar-refractivity contribution is 9.10. The van der Waals surface area contributed by atoms with Crippen LogP contribution in [0.5, 0.6) is 0 Å². The van der Waals surface area contributed by atoms with Gasteiger partial charge in [0.15, 0.2) is 0 Å². The first-order valence-electron chi connectivity index (χ1n) is 12.5. The van der Waals surface area contributed by atoms with Crippen molar-refractivity contribution in [2.75, 3.05) is 31.5 Å². The number of hydrogen-bond acceptors (Lipinski definition) is 7. The Morgan fingerprint density at radius 1 is 1.00 bits per heavy atom. The van der Waals surface area contributed by atoms with E-state index in [4.69, 9.17) is 0 Å². The molecule has 2 aliphatic heterocycles. The number of rotatable bonds is 6. The van der Waals surface area contributed by atoms with Crippen molar-refractivity contribution >= 4 is 37.5 Å². The molecule has 3 heterocycles. The number of carbonyl (C=O) groups excluding carboxylic acids is 1. The molecule has 1 amide bonds. The summed E-state index contributed by atoms with van der Waals surface area (Å²) in [5, 5.41) is 19.9. The van der Waals surface area contributed by atoms with Crippen molar-refractivity contribution in [1.29, 1.82) is 5.26 Å². The molecule has 0 radical (unpaired) electrons. The van der Waals surface area contributed by atoms with Gasteiger partial charge in [-0.25, -0.2) is 8.42 Å². The number of likely N-dealkylation sites (tertiary alicyclic amines) is 1. The number of aromatic nitrogens is 3. The second-order valence-electron chi connectivity index (χ2n) is 9.61. The summed E-state index contributed by atoms with van der Waals surface area (Å²) in [4.78, 5) is 15.5. The molecule has 0 saturated carbocycles. The van der Waals surface area contributed by atoms with Crippen LogP contribution in [0.25, 0.3) is 5.69 Å². The van der Waals surface area contributed by atoms with Crippen LogP contribution in [0.2, 0.25) is 0 Å². The van der Waals surface area contributed by atoms with Crippen molar-refractivity contribution in [2.45, 2.75) is 36.6 Å². The van der Waals surface area contributed by atoms with E-state index in [1.165, 1.54) is 16.4 Å². The summed E-state index contributed by atoms with van der Waals surface area (Å²) >= 11 is 3.28. The molecule has 0 atom stereocenters. The van der Waals surface area contributed by atoms with E-state index in [1.54, 1.807) is 23.3 Å². The predicted molar refractivity (Wildman–Crippen MR) is 145 cm³/mol. The molecule has 38 heavy (non-hydrogen) atoms. The van der Waals surface area contributed by atoms with E-state index in [0.717, 1.165) is 50.1 Å². The van der Waals surface area contributed by atoms with Gasteiger partial charge < -0.3 is 10.2 Å². The Morgan fingerprint density at radius 2 is 1.71 bits per heavy atom. The Balaban J connectivity index is 1.12. The third kappa shape index (κ3) is 5.66. The highest BCUT2D eigenvalue weighted by Crippen LogP contribution is 2.29. The van der Waals surface area contributed by atoms with Gasteiger partial charge in [0, 0.05) is 35.2 Å². The number of piperidine rings is 2. The Labute approximate surface area is 230 Å². The van der Waals surface area contributed by atoms with Gasteiger partial charge in [0.1, 0.15) is 18.7 Å². The fourth-order valence-corrected chi connectivity index (χ4v) is 7.03. The average Bonchev–Trinajstić information content (AvgIpc) is 3.49. The maximum atomic E-state index is 13.1. The number of benzene rings is 2. The fourth-order valence-electron chi connectivity index (χ4n) is 5.20. The third-order valence-corrected chi connectivity index (χ3v) is 9.95. The van der Waals surface area contributed by atoms with Crippen LogP contribution in [0.15, 0.2) is 64.5 Å². The number of sulfonamides is 1. The quantitative estimate of drug-likeness (QED) is 0.461. The zero-order chi connectivity index (χ0) is 26.7. The molecule has 0 spiro atoms. The lowest BCUT2D eigenvalue weighted by molar-refractivity contribution is -0.121. The molecular weight excluding hydrogens is 570 g/mol. The molecule has 2 fully saturated rings. The molecule has 0 unspecified atom stereocenters. The maximum absolute atomic E-state index is 13.1. The lowest BCUT2D eigenvalue weighted by atomic mass is 9.93. The molecule has 0 aliphatic carbocycles. The monoisotopic (exact) mass is 597 g/mol. The van der Waals surface area contributed by atoms with Gasteiger partial charge in [-0.05, 0) is 91.1 Å². The van der Waals surface area contributed by atoms with Crippen LogP contribution in [0.4, 0.5) is 5.69 Å². The number of halogens is 1. The SMILES string of the molecule is N#Cc1cc(S(=O)(=O)N2CCC(N3CCC(C(=O)Nc4cccc(-n5cnnc5)c4)CC3)CC2)ccc1Br. The van der Waals surface area contributed by atoms with E-state index in [1.807, 2.05) is 30.3 Å². The number of hydrogen-bond donors (Lipinski definition) is 1. The first kappa shape index (κ1) is 26.5. The van der Waals surface area contributed by atoms with Crippen molar-refractivity contribution in [3.63, 3.8) is 0 Å². The lowest BCUT2D eigenvalue weighted by Gasteiger charge is -2.41. The first-order chi connectivity index (χ1) is 18.3. The minimum absolute atomic E-state index is 0.0257. The second-order valence-corrected chi connectivity index (χ2v) is 12.4. The van der Waals surface area contributed by atoms with Crippen molar-refractivity contribution in [3.05, 3.63) is 65.2 Å². The van der Waals surface area contributed by atoms with Crippen molar-refractivity contribution in [2.24, 2.45) is 5.92 Å². The summed E-state index contributed by atoms with van der Waals surface area (Å²) in [5.74, 6) is -0.0327. The van der Waals surface area contributed by atoms with Gasteiger partial charge in [0.25, 0.3) is 0 Å². The van der Waals surface area contributed by atoms with Crippen LogP contribution < -0.4 is 5.32 Å². The molecule has 0 bridgehead atoms. The van der Waals surface area contributed by atoms with E-state index in [0.29, 0.717) is 29.2 Å². The molecule has 2 aliphatic rings. The van der Waals surface area contributed by atoms with Gasteiger partial charge in [-0.2, -0.15) is 9.57 Å². The standard InChI is InChI=1S/C26H28BrN7O3S/c27-25-5-4-24(14-20(25)16-28)38(36,37)34-12-8-22(9-13-34)32-10-6-19(7-11-32)26(35)31-21-2-1-3-23(15-21)33-17-29-30-18-33/h1-5,14-15,17-19,22H,6-13H2,(H,31,35). The van der Waals surface area contributed by atoms with Crippen molar-refractivity contribution < 1.29 is 13.2 Å². The molecule has 1 aromatic heterocycles. The highest BCUT2D eigenvalue weighted by atomic mass is 79.9. The molecule has 5 rings (SSSR count). The fraction of sp³-hybridized carbons (Fsp3) is 0.385. The van der Waals surface area contributed by atoms with E-state index in [2.05, 4.69) is 36.3 Å². The average molecular weight is 599 g/mol. The molecule has 2 saturated heterocycles. The summed E-state index contributed by atoms with van der Waals surface area (Å²) < 4.78 is 30.2. The summed E-state index contributed by atoms with van der Waals surface area (Å²) in [7, 11) is -3.65. The Hall–Kier alpha value is -3.11. The number of nitrogens with zero attached hydrogens (tertiary/aromatic N) is 6. The van der Waals surface area contributed by atoms with Gasteiger partial charge >= 0.3 is 0 Å². The summed E-state index contributed by atoms with van der Waals surface area (Å²) in [5.41, 5.74) is 1.92. The van der Waals surface area contributed by atoms with Crippen LogP contribution in [-0.4, -0.2) is 70.5 Å². The van der Waals surface area contributed by atoms with Crippen LogP contribution in [-0.2, 0) is 14.8 Å². The van der Waals surface area contributed by atoms with Crippen molar-refractivity contribution in [1.82, 2.24) is 24.0 Å². The number of amides is 1. The van der Waals surface area contributed by atoms with Gasteiger partial charge in [-0.15, -0.1) is 10.2 Å². The molecular formula is C26H28BrN7O3S. The van der Waals surface area contributed by atoms with E-state index in [9.17, 15) is 18.5 Å². The summed E-state index contributed by atoms with van der Waals surface area (Å²) in [6.45, 7) is 2.51. The number of nitriles is 1. The largest absolute Gasteiger partial charge is 0.326 e. The van der Waals surface area contributed by atoms with Gasteiger partial charge in [-0.1, -0.05) is 6.07 Å². The minimum atomic E-state index is -3.65. The molecule has 1 N–H and O–H groups in total. The number of carbonyl (C=O) groups is 1. The molecule has 2 aromatic carbocycles. The molecule has 12 heteroatoms. The Kier molecular flexibility index (Phi) is 7.90. The molecule has 3 aromatic rings. The predicted octanol–water partition coefficient (Wildman–Crippen LogP) is 3.41. The van der Waals surface area contributed by atoms with Gasteiger partial charge in [0.2, 0.25) is 15.9 Å². The lowest BCUT2D eigenvalue weighted by Crippen LogP contribution is -2.49. The number of nitrogens with one attached hydrogen (secondary N) is 1. The van der Waals surface area contributed by atoms with Gasteiger partial charge in [-0.3, -0.25) is 9.36 Å². The van der Waals surface area contributed by atoms with Crippen LogP contribution in [0, 0.1) is 17.2 Å². The topological polar surface area (TPSA) is 124 Å². The second kappa shape index (κ2) is 11.3. The van der Waals surface area contributed by atoms with Crippen LogP contribution in [0.3, 0.4) is 0 Å². The molecule has 10 nitrogen and oxygen atoms in total. The Bertz CT molecular complexity index is 1440. The highest BCUT2D eigenvalue weighted by Gasteiger charge is 2.34. The van der Waals surface area contributed by atoms with Crippen LogP contribution in [0.1, 0.15) is 31.2 Å². The molecule has 198 valence electrons. The Morgan fingerprint density at radius 3 is 2.39 bits per heavy atom. The van der Waals surface area contributed by atoms with E-state index < -0.39 is 10.0 Å². The zero-order valence-corrected chi connectivity index (χ0v) is 23.1. The zero-order valence-electron chi connectivity index (χ0n) is 20.7. The maximum Gasteiger partial charge on any atom is 0.243 e. The normalized spacial score (nSPS) is 18.2. The first-order valence-corrected chi connectivity index (χ1v) is 14.8. The number of anilines is 1. The van der Waals surface area contributed by atoms with Crippen molar-refractivity contribution in [3.8, 4) is 11.8 Å². The van der Waals surface area contributed by atoms with Crippen LogP contribution >= 0.6 is 15.9 Å². The van der Waals surface area contributed by atoms with Gasteiger partial charge in [0.05, 0.1) is 16.1 Å². The third-order valence-electron chi connectivity index (χ3n) is 7.37. The minimum Gasteiger partial charge on any atom is -0.326 e. The summed E-state index contributed by atoms with van der Waals surface area (Å²) in [6.07, 6.45) is 6.25. The van der Waals surface area contributed by atoms with E-state index >= 15 is 0 Å². The van der Waals surface area contributed by atoms with E-state index in [-0.39, 0.29) is 16.7 Å². The smallest absolute Gasteiger partial charge is 0.243 e. The summed E-state index contributed by atoms with van der Waals surface area (Å²) in [6, 6.07) is 14.5.